The summed E-state index contributed by atoms with van der Waals surface area (Å²) < 4.78 is 35.4. The number of aliphatic hydroxyl groups excluding tert-OH is 1. The van der Waals surface area contributed by atoms with Gasteiger partial charge in [0, 0.05) is 69.3 Å². The van der Waals surface area contributed by atoms with Crippen LogP contribution >= 0.6 is 41.2 Å². The van der Waals surface area contributed by atoms with E-state index >= 15 is 0 Å². The number of aliphatic hydroxyl groups is 1. The van der Waals surface area contributed by atoms with Crippen molar-refractivity contribution in [1.29, 1.82) is 0 Å². The smallest absolute Gasteiger partial charge is 0.394 e. The molecule has 0 bridgehead atoms. The SMILES string of the molecule is CC(C)O.CCO[Si](CCCSSSSCCC[Si](OCC)(OCC)OCC)(OCC)OCC. The lowest BCUT2D eigenvalue weighted by Gasteiger charge is -2.28. The van der Waals surface area contributed by atoms with Gasteiger partial charge >= 0.3 is 17.6 Å². The molecular formula is C21H50O7S4Si2. The van der Waals surface area contributed by atoms with E-state index in [0.29, 0.717) is 39.6 Å². The highest BCUT2D eigenvalue weighted by molar-refractivity contribution is 9.26. The average Bonchev–Trinajstić information content (AvgIpc) is 2.76. The molecule has 0 fully saturated rings. The third kappa shape index (κ3) is 21.6. The van der Waals surface area contributed by atoms with Crippen molar-refractivity contribution in [2.75, 3.05) is 51.1 Å². The molecule has 0 unspecified atom stereocenters. The van der Waals surface area contributed by atoms with Crippen LogP contribution in [0, 0.1) is 0 Å². The van der Waals surface area contributed by atoms with Crippen LogP contribution in [-0.4, -0.2) is 80.0 Å². The molecule has 7 nitrogen and oxygen atoms in total. The van der Waals surface area contributed by atoms with Gasteiger partial charge in [0.05, 0.1) is 0 Å². The summed E-state index contributed by atoms with van der Waals surface area (Å²) in [7, 11) is 2.48. The fraction of sp³-hybridized carbons (Fsp3) is 1.00. The molecule has 0 atom stereocenters. The predicted octanol–water partition coefficient (Wildman–Crippen LogP) is 6.93. The lowest BCUT2D eigenvalue weighted by Crippen LogP contribution is -2.46. The molecule has 0 amide bonds. The van der Waals surface area contributed by atoms with Crippen LogP contribution in [0.5, 0.6) is 0 Å². The third-order valence-corrected chi connectivity index (χ3v) is 16.7. The van der Waals surface area contributed by atoms with E-state index in [9.17, 15) is 0 Å². The maximum Gasteiger partial charge on any atom is 0.500 e. The van der Waals surface area contributed by atoms with Crippen LogP contribution in [0.15, 0.2) is 0 Å². The average molecular weight is 599 g/mol. The Balaban J connectivity index is 0. The molecule has 0 saturated carbocycles. The van der Waals surface area contributed by atoms with Crippen molar-refractivity contribution in [2.24, 2.45) is 0 Å². The van der Waals surface area contributed by atoms with Crippen LogP contribution in [0.2, 0.25) is 12.1 Å². The Labute approximate surface area is 227 Å². The van der Waals surface area contributed by atoms with E-state index in [1.165, 1.54) is 0 Å². The first-order chi connectivity index (χ1) is 16.3. The molecule has 0 radical (unpaired) electrons. The van der Waals surface area contributed by atoms with E-state index in [-0.39, 0.29) is 6.10 Å². The zero-order valence-electron chi connectivity index (χ0n) is 22.6. The zero-order valence-corrected chi connectivity index (χ0v) is 27.9. The van der Waals surface area contributed by atoms with E-state index in [4.69, 9.17) is 31.7 Å². The summed E-state index contributed by atoms with van der Waals surface area (Å²) in [5, 5.41) is 8.06. The topological polar surface area (TPSA) is 75.6 Å². The van der Waals surface area contributed by atoms with E-state index in [2.05, 4.69) is 0 Å². The molecule has 0 spiro atoms. The maximum absolute atomic E-state index is 8.06. The third-order valence-electron chi connectivity index (χ3n) is 3.73. The van der Waals surface area contributed by atoms with Gasteiger partial charge in [0.1, 0.15) is 0 Å². The summed E-state index contributed by atoms with van der Waals surface area (Å²) in [4.78, 5) is 0. The second kappa shape index (κ2) is 26.2. The molecule has 34 heavy (non-hydrogen) atoms. The van der Waals surface area contributed by atoms with Gasteiger partial charge in [-0.3, -0.25) is 0 Å². The lowest BCUT2D eigenvalue weighted by atomic mass is 10.5. The van der Waals surface area contributed by atoms with Crippen molar-refractivity contribution in [1.82, 2.24) is 0 Å². The molecule has 0 aromatic carbocycles. The van der Waals surface area contributed by atoms with Crippen LogP contribution < -0.4 is 0 Å². The normalized spacial score (nSPS) is 12.2. The summed E-state index contributed by atoms with van der Waals surface area (Å²) in [6, 6.07) is 1.76. The minimum Gasteiger partial charge on any atom is -0.394 e. The van der Waals surface area contributed by atoms with Crippen LogP contribution in [-0.2, 0) is 26.6 Å². The molecule has 13 heteroatoms. The quantitative estimate of drug-likeness (QED) is 0.0756. The minimum absolute atomic E-state index is 0.167. The van der Waals surface area contributed by atoms with Gasteiger partial charge in [-0.25, -0.2) is 0 Å². The highest BCUT2D eigenvalue weighted by Gasteiger charge is 2.40. The number of hydrogen-bond acceptors (Lipinski definition) is 11. The van der Waals surface area contributed by atoms with Crippen molar-refractivity contribution >= 4 is 58.8 Å². The van der Waals surface area contributed by atoms with E-state index in [1.54, 1.807) is 13.8 Å². The van der Waals surface area contributed by atoms with Crippen molar-refractivity contribution in [3.05, 3.63) is 0 Å². The molecule has 1 N–H and O–H groups in total. The summed E-state index contributed by atoms with van der Waals surface area (Å²) >= 11 is 0. The van der Waals surface area contributed by atoms with Gasteiger partial charge in [-0.2, -0.15) is 0 Å². The number of rotatable bonds is 23. The maximum atomic E-state index is 8.06. The molecule has 0 aliphatic rings. The summed E-state index contributed by atoms with van der Waals surface area (Å²) in [6.07, 6.45) is 1.92. The molecule has 0 saturated heterocycles. The van der Waals surface area contributed by atoms with Crippen LogP contribution in [0.1, 0.15) is 68.2 Å². The van der Waals surface area contributed by atoms with E-state index in [1.807, 2.05) is 82.8 Å². The Morgan fingerprint density at radius 1 is 0.559 bits per heavy atom. The summed E-state index contributed by atoms with van der Waals surface area (Å²) in [6.45, 7) is 19.3. The van der Waals surface area contributed by atoms with Crippen molar-refractivity contribution in [3.8, 4) is 0 Å². The Bertz CT molecular complexity index is 360. The lowest BCUT2D eigenvalue weighted by molar-refractivity contribution is 0.0704. The highest BCUT2D eigenvalue weighted by Crippen LogP contribution is 2.44. The first-order valence-electron chi connectivity index (χ1n) is 12.4. The van der Waals surface area contributed by atoms with E-state index < -0.39 is 17.6 Å². The fourth-order valence-electron chi connectivity index (χ4n) is 2.81. The monoisotopic (exact) mass is 598 g/mol. The van der Waals surface area contributed by atoms with Gasteiger partial charge in [0.2, 0.25) is 0 Å². The van der Waals surface area contributed by atoms with Crippen LogP contribution in [0.25, 0.3) is 0 Å². The Hall–Kier alpha value is 1.55. The Morgan fingerprint density at radius 2 is 0.794 bits per heavy atom. The van der Waals surface area contributed by atoms with Gasteiger partial charge in [-0.15, -0.1) is 0 Å². The standard InChI is InChI=1S/C18H42O6S4Si2.C3H8O/c1-7-19-29(20-8-2,21-9-3)17-13-15-25-27-28-26-16-14-18-30(22-10-4,23-11-5)24-12-6;1-3(2)4/h7-18H2,1-6H3;3-4H,1-2H3. The van der Waals surface area contributed by atoms with Crippen LogP contribution in [0.4, 0.5) is 0 Å². The highest BCUT2D eigenvalue weighted by atomic mass is 33.7. The van der Waals surface area contributed by atoms with Gasteiger partial charge in [0.15, 0.2) is 0 Å². The van der Waals surface area contributed by atoms with Crippen molar-refractivity contribution in [2.45, 2.75) is 86.4 Å². The number of hydrogen-bond donors (Lipinski definition) is 1. The molecule has 0 aromatic rings. The molecule has 0 rings (SSSR count). The van der Waals surface area contributed by atoms with Gasteiger partial charge in [-0.05, 0) is 87.9 Å². The Kier molecular flexibility index (Phi) is 29.0. The molecule has 0 aliphatic heterocycles. The zero-order chi connectivity index (χ0) is 26.1. The van der Waals surface area contributed by atoms with Crippen molar-refractivity contribution in [3.63, 3.8) is 0 Å². The molecule has 0 aromatic heterocycles. The van der Waals surface area contributed by atoms with E-state index in [0.717, 1.165) is 36.4 Å². The first-order valence-corrected chi connectivity index (χ1v) is 21.4. The van der Waals surface area contributed by atoms with Crippen molar-refractivity contribution < 1.29 is 31.7 Å². The molecular weight excluding hydrogens is 549 g/mol. The summed E-state index contributed by atoms with van der Waals surface area (Å²) in [5.41, 5.74) is 0. The van der Waals surface area contributed by atoms with Crippen LogP contribution in [0.3, 0.4) is 0 Å². The molecule has 0 heterocycles. The largest absolute Gasteiger partial charge is 0.500 e. The predicted molar refractivity (Wildman–Crippen MR) is 158 cm³/mol. The first kappa shape index (κ1) is 37.7. The van der Waals surface area contributed by atoms with Gasteiger partial charge in [-0.1, -0.05) is 21.6 Å². The summed E-state index contributed by atoms with van der Waals surface area (Å²) in [5.74, 6) is 2.13. The fourth-order valence-corrected chi connectivity index (χ4v) is 14.7. The Morgan fingerprint density at radius 3 is 1.00 bits per heavy atom. The molecule has 0 aliphatic carbocycles. The second-order valence-electron chi connectivity index (χ2n) is 7.04. The molecule has 208 valence electrons. The van der Waals surface area contributed by atoms with Gasteiger partial charge < -0.3 is 31.7 Å². The second-order valence-corrected chi connectivity index (χ2v) is 18.7. The minimum atomic E-state index is -2.49. The van der Waals surface area contributed by atoms with Gasteiger partial charge in [0.25, 0.3) is 0 Å².